The fourth-order valence-electron chi connectivity index (χ4n) is 3.01. The van der Waals surface area contributed by atoms with E-state index < -0.39 is 29.5 Å². The van der Waals surface area contributed by atoms with E-state index in [0.717, 1.165) is 17.8 Å². The molecule has 2 N–H and O–H groups in total. The van der Waals surface area contributed by atoms with Crippen molar-refractivity contribution in [3.05, 3.63) is 80.5 Å². The molecule has 3 aromatic rings. The molecule has 1 heterocycles. The fraction of sp³-hybridized carbons (Fsp3) is 0.182. The van der Waals surface area contributed by atoms with Crippen LogP contribution in [-0.4, -0.2) is 32.3 Å². The molecular formula is C22H18BrCl2F2N5O2S. The normalized spacial score (nSPS) is 11.7. The molecule has 0 spiro atoms. The number of nitrogens with one attached hydrogen (secondary N) is 2. The van der Waals surface area contributed by atoms with Crippen LogP contribution in [0.4, 0.5) is 14.5 Å². The lowest BCUT2D eigenvalue weighted by Gasteiger charge is -2.16. The minimum atomic E-state index is -0.905. The summed E-state index contributed by atoms with van der Waals surface area (Å²) in [6.45, 7) is 5.76. The number of allylic oxidation sites excluding steroid dienone is 1. The van der Waals surface area contributed by atoms with E-state index in [0.29, 0.717) is 28.6 Å². The van der Waals surface area contributed by atoms with Crippen LogP contribution >= 0.6 is 50.9 Å². The van der Waals surface area contributed by atoms with E-state index in [4.69, 9.17) is 23.2 Å². The number of benzene rings is 2. The van der Waals surface area contributed by atoms with Gasteiger partial charge in [-0.25, -0.2) is 8.78 Å². The van der Waals surface area contributed by atoms with Crippen LogP contribution in [0.1, 0.15) is 29.1 Å². The fourth-order valence-corrected chi connectivity index (χ4v) is 4.76. The van der Waals surface area contributed by atoms with Gasteiger partial charge in [-0.2, -0.15) is 0 Å². The average molecular weight is 605 g/mol. The highest BCUT2D eigenvalue weighted by Gasteiger charge is 2.22. The Morgan fingerprint density at radius 1 is 1.26 bits per heavy atom. The number of halogens is 5. The van der Waals surface area contributed by atoms with Crippen LogP contribution in [0.15, 0.2) is 52.6 Å². The minimum absolute atomic E-state index is 0.0795. The van der Waals surface area contributed by atoms with Crippen molar-refractivity contribution in [1.82, 2.24) is 20.1 Å². The van der Waals surface area contributed by atoms with Gasteiger partial charge in [0.15, 0.2) is 16.8 Å². The minimum Gasteiger partial charge on any atom is -0.342 e. The molecule has 2 aromatic carbocycles. The van der Waals surface area contributed by atoms with Crippen molar-refractivity contribution in [2.75, 3.05) is 11.1 Å². The number of nitrogens with zero attached hydrogens (tertiary/aromatic N) is 3. The van der Waals surface area contributed by atoms with Gasteiger partial charge in [-0.1, -0.05) is 41.0 Å². The quantitative estimate of drug-likeness (QED) is 0.230. The highest BCUT2D eigenvalue weighted by atomic mass is 79.9. The van der Waals surface area contributed by atoms with Gasteiger partial charge in [-0.05, 0) is 47.1 Å². The number of anilines is 1. The van der Waals surface area contributed by atoms with E-state index in [1.807, 2.05) is 0 Å². The Hall–Kier alpha value is -2.47. The molecule has 0 radical (unpaired) electrons. The van der Waals surface area contributed by atoms with Crippen molar-refractivity contribution in [2.45, 2.75) is 24.7 Å². The van der Waals surface area contributed by atoms with E-state index in [-0.39, 0.29) is 26.5 Å². The SMILES string of the molecule is C=CCn1c(SCC(=O)Nc2c(F)cc(F)cc2Br)nnc1[C@H](C)NC(=O)c1ccc(Cl)cc1Cl. The van der Waals surface area contributed by atoms with Crippen molar-refractivity contribution in [2.24, 2.45) is 0 Å². The van der Waals surface area contributed by atoms with E-state index >= 15 is 0 Å². The molecule has 0 saturated carbocycles. The molecule has 0 aliphatic heterocycles. The first kappa shape index (κ1) is 27.1. The van der Waals surface area contributed by atoms with Gasteiger partial charge in [0.2, 0.25) is 5.91 Å². The smallest absolute Gasteiger partial charge is 0.253 e. The molecule has 2 amide bonds. The lowest BCUT2D eigenvalue weighted by Crippen LogP contribution is -2.29. The van der Waals surface area contributed by atoms with Crippen molar-refractivity contribution in [3.63, 3.8) is 0 Å². The van der Waals surface area contributed by atoms with Crippen molar-refractivity contribution in [1.29, 1.82) is 0 Å². The van der Waals surface area contributed by atoms with Crippen LogP contribution in [0.25, 0.3) is 0 Å². The second kappa shape index (κ2) is 12.0. The van der Waals surface area contributed by atoms with Crippen LogP contribution in [0.2, 0.25) is 10.0 Å². The van der Waals surface area contributed by atoms with Crippen LogP contribution in [0, 0.1) is 11.6 Å². The van der Waals surface area contributed by atoms with Gasteiger partial charge in [-0.15, -0.1) is 16.8 Å². The Labute approximate surface area is 222 Å². The topological polar surface area (TPSA) is 88.9 Å². The number of carbonyl (C=O) groups is 2. The number of carbonyl (C=O) groups excluding carboxylic acids is 2. The summed E-state index contributed by atoms with van der Waals surface area (Å²) in [5.74, 6) is -2.33. The Morgan fingerprint density at radius 2 is 2.00 bits per heavy atom. The second-order valence-corrected chi connectivity index (χ2v) is 9.78. The lowest BCUT2D eigenvalue weighted by atomic mass is 10.2. The molecule has 0 aliphatic carbocycles. The molecule has 7 nitrogen and oxygen atoms in total. The molecule has 0 unspecified atom stereocenters. The van der Waals surface area contributed by atoms with Crippen LogP contribution in [0.3, 0.4) is 0 Å². The molecule has 35 heavy (non-hydrogen) atoms. The Morgan fingerprint density at radius 3 is 2.66 bits per heavy atom. The van der Waals surface area contributed by atoms with Crippen LogP contribution in [0.5, 0.6) is 0 Å². The predicted octanol–water partition coefficient (Wildman–Crippen LogP) is 6.03. The van der Waals surface area contributed by atoms with Gasteiger partial charge in [0.05, 0.1) is 28.1 Å². The molecule has 1 atom stereocenters. The maximum Gasteiger partial charge on any atom is 0.253 e. The summed E-state index contributed by atoms with van der Waals surface area (Å²) in [5.41, 5.74) is 0.0885. The monoisotopic (exact) mass is 603 g/mol. The first-order valence-corrected chi connectivity index (χ1v) is 12.5. The highest BCUT2D eigenvalue weighted by Crippen LogP contribution is 2.28. The van der Waals surface area contributed by atoms with Crippen molar-refractivity contribution in [3.8, 4) is 0 Å². The molecule has 13 heteroatoms. The average Bonchev–Trinajstić information content (AvgIpc) is 3.17. The van der Waals surface area contributed by atoms with Gasteiger partial charge in [-0.3, -0.25) is 9.59 Å². The molecule has 0 bridgehead atoms. The van der Waals surface area contributed by atoms with E-state index in [1.54, 1.807) is 23.6 Å². The molecule has 184 valence electrons. The maximum atomic E-state index is 14.0. The molecule has 1 aromatic heterocycles. The zero-order chi connectivity index (χ0) is 25.7. The standard InChI is InChI=1S/C22H18BrCl2F2N5O2S/c1-3-6-32-20(11(2)28-21(34)14-5-4-12(24)7-16(14)25)30-31-22(32)35-10-18(33)29-19-15(23)8-13(26)9-17(19)27/h3-5,7-9,11H,1,6,10H2,2H3,(H,28,34)(H,29,33)/t11-/m0/s1. The summed E-state index contributed by atoms with van der Waals surface area (Å²) < 4.78 is 29.0. The first-order chi connectivity index (χ1) is 16.6. The summed E-state index contributed by atoms with van der Waals surface area (Å²) in [6, 6.07) is 5.71. The van der Waals surface area contributed by atoms with Gasteiger partial charge in [0.25, 0.3) is 5.91 Å². The van der Waals surface area contributed by atoms with Crippen LogP contribution < -0.4 is 10.6 Å². The third kappa shape index (κ3) is 6.81. The Balaban J connectivity index is 1.70. The summed E-state index contributed by atoms with van der Waals surface area (Å²) >= 11 is 16.1. The number of aromatic nitrogens is 3. The second-order valence-electron chi connectivity index (χ2n) is 7.14. The zero-order valence-electron chi connectivity index (χ0n) is 18.1. The zero-order valence-corrected chi connectivity index (χ0v) is 22.0. The van der Waals surface area contributed by atoms with Crippen molar-refractivity contribution >= 4 is 68.4 Å². The van der Waals surface area contributed by atoms with Gasteiger partial charge in [0, 0.05) is 22.1 Å². The summed E-state index contributed by atoms with van der Waals surface area (Å²) in [6.07, 6.45) is 1.62. The molecule has 0 aliphatic rings. The summed E-state index contributed by atoms with van der Waals surface area (Å²) in [4.78, 5) is 25.0. The van der Waals surface area contributed by atoms with E-state index in [2.05, 4.69) is 43.3 Å². The van der Waals surface area contributed by atoms with Gasteiger partial charge in [0.1, 0.15) is 5.82 Å². The number of rotatable bonds is 9. The Kier molecular flexibility index (Phi) is 9.28. The summed E-state index contributed by atoms with van der Waals surface area (Å²) in [5, 5.41) is 14.5. The molecule has 0 saturated heterocycles. The largest absolute Gasteiger partial charge is 0.342 e. The lowest BCUT2D eigenvalue weighted by molar-refractivity contribution is -0.113. The highest BCUT2D eigenvalue weighted by molar-refractivity contribution is 9.10. The molecule has 0 fully saturated rings. The number of hydrogen-bond donors (Lipinski definition) is 2. The third-order valence-electron chi connectivity index (χ3n) is 4.57. The van der Waals surface area contributed by atoms with E-state index in [1.165, 1.54) is 12.1 Å². The third-order valence-corrected chi connectivity index (χ3v) is 6.71. The predicted molar refractivity (Wildman–Crippen MR) is 136 cm³/mol. The maximum absolute atomic E-state index is 14.0. The first-order valence-electron chi connectivity index (χ1n) is 9.97. The van der Waals surface area contributed by atoms with Gasteiger partial charge >= 0.3 is 0 Å². The summed E-state index contributed by atoms with van der Waals surface area (Å²) in [7, 11) is 0. The molecular weight excluding hydrogens is 587 g/mol. The number of hydrogen-bond acceptors (Lipinski definition) is 5. The van der Waals surface area contributed by atoms with Crippen molar-refractivity contribution < 1.29 is 18.4 Å². The van der Waals surface area contributed by atoms with E-state index in [9.17, 15) is 18.4 Å². The number of thioether (sulfide) groups is 1. The van der Waals surface area contributed by atoms with Gasteiger partial charge < -0.3 is 15.2 Å². The Bertz CT molecular complexity index is 1270. The molecule has 3 rings (SSSR count). The number of amides is 2. The van der Waals surface area contributed by atoms with Crippen LogP contribution in [-0.2, 0) is 11.3 Å².